The van der Waals surface area contributed by atoms with E-state index in [4.69, 9.17) is 0 Å². The average Bonchev–Trinajstić information content (AvgIpc) is 2.95. The van der Waals surface area contributed by atoms with Gasteiger partial charge in [-0.15, -0.1) is 0 Å². The summed E-state index contributed by atoms with van der Waals surface area (Å²) in [5, 5.41) is 3.90. The lowest BCUT2D eigenvalue weighted by Crippen LogP contribution is -2.44. The van der Waals surface area contributed by atoms with Crippen molar-refractivity contribution in [1.29, 1.82) is 0 Å². The zero-order chi connectivity index (χ0) is 17.9. The second kappa shape index (κ2) is 7.06. The van der Waals surface area contributed by atoms with Gasteiger partial charge in [-0.1, -0.05) is 30.3 Å². The van der Waals surface area contributed by atoms with Crippen molar-refractivity contribution in [2.45, 2.75) is 6.04 Å². The van der Waals surface area contributed by atoms with Crippen LogP contribution in [-0.2, 0) is 14.6 Å². The number of nitrogens with zero attached hydrogens (tertiary/aromatic N) is 1. The van der Waals surface area contributed by atoms with Crippen LogP contribution >= 0.6 is 0 Å². The van der Waals surface area contributed by atoms with Crippen LogP contribution in [-0.4, -0.2) is 32.7 Å². The summed E-state index contributed by atoms with van der Waals surface area (Å²) in [5.41, 5.74) is 0.813. The average molecular weight is 360 g/mol. The van der Waals surface area contributed by atoms with Crippen molar-refractivity contribution >= 4 is 27.1 Å². The largest absolute Gasteiger partial charge is 0.374 e. The summed E-state index contributed by atoms with van der Waals surface area (Å²) in [6.45, 7) is -0.153. The van der Waals surface area contributed by atoms with Crippen LogP contribution in [0, 0.1) is 5.82 Å². The topological polar surface area (TPSA) is 66.5 Å². The predicted molar refractivity (Wildman–Crippen MR) is 95.5 cm³/mol. The Balaban J connectivity index is 1.81. The van der Waals surface area contributed by atoms with Crippen LogP contribution in [0.25, 0.3) is 0 Å². The van der Waals surface area contributed by atoms with Crippen molar-refractivity contribution < 1.29 is 17.6 Å². The molecule has 1 heterocycles. The third kappa shape index (κ3) is 4.06. The molecule has 2 aromatic carbocycles. The van der Waals surface area contributed by atoms with Crippen LogP contribution in [0.5, 0.6) is 0 Å². The number of nitrogens with one attached hydrogen (secondary N) is 1. The highest BCUT2D eigenvalue weighted by atomic mass is 32.2. The van der Waals surface area contributed by atoms with Crippen LogP contribution < -0.4 is 10.2 Å². The second-order valence-electron chi connectivity index (χ2n) is 5.66. The van der Waals surface area contributed by atoms with Gasteiger partial charge in [0.15, 0.2) is 9.84 Å². The molecule has 0 saturated heterocycles. The van der Waals surface area contributed by atoms with E-state index < -0.39 is 21.7 Å². The van der Waals surface area contributed by atoms with Crippen LogP contribution in [0.2, 0.25) is 0 Å². The molecule has 1 aliphatic rings. The molecular formula is C18H17FN2O3S. The molecule has 2 aromatic rings. The fraction of sp³-hybridized carbons (Fsp3) is 0.167. The molecule has 1 atom stereocenters. The number of benzene rings is 2. The number of carbonyl (C=O) groups is 1. The quantitative estimate of drug-likeness (QED) is 0.890. The maximum atomic E-state index is 13.7. The summed E-state index contributed by atoms with van der Waals surface area (Å²) < 4.78 is 37.2. The molecular weight excluding hydrogens is 343 g/mol. The van der Waals surface area contributed by atoms with Crippen molar-refractivity contribution in [2.75, 3.05) is 22.5 Å². The lowest BCUT2D eigenvalue weighted by atomic mass is 10.2. The molecule has 0 spiro atoms. The summed E-state index contributed by atoms with van der Waals surface area (Å²) >= 11 is 0. The fourth-order valence-electron chi connectivity index (χ4n) is 2.69. The van der Waals surface area contributed by atoms with E-state index in [2.05, 4.69) is 5.32 Å². The summed E-state index contributed by atoms with van der Waals surface area (Å²) in [6.07, 6.45) is 1.50. The molecule has 0 saturated carbocycles. The van der Waals surface area contributed by atoms with Crippen molar-refractivity contribution in [1.82, 2.24) is 0 Å². The maximum absolute atomic E-state index is 13.7. The predicted octanol–water partition coefficient (Wildman–Crippen LogP) is 2.58. The van der Waals surface area contributed by atoms with Gasteiger partial charge in [-0.25, -0.2) is 12.8 Å². The fourth-order valence-corrected chi connectivity index (χ4v) is 3.96. The summed E-state index contributed by atoms with van der Waals surface area (Å²) in [6, 6.07) is 14.3. The summed E-state index contributed by atoms with van der Waals surface area (Å²) in [5.74, 6) is -0.959. The molecule has 1 amide bonds. The second-order valence-corrected chi connectivity index (χ2v) is 7.59. The first-order chi connectivity index (χ1) is 12.0. The molecule has 1 aliphatic heterocycles. The first kappa shape index (κ1) is 17.2. The number of sulfone groups is 1. The van der Waals surface area contributed by atoms with Crippen molar-refractivity contribution in [3.63, 3.8) is 0 Å². The number of anilines is 2. The van der Waals surface area contributed by atoms with Crippen LogP contribution in [0.3, 0.4) is 0 Å². The van der Waals surface area contributed by atoms with Gasteiger partial charge in [0, 0.05) is 11.1 Å². The van der Waals surface area contributed by atoms with Gasteiger partial charge >= 0.3 is 0 Å². The minimum absolute atomic E-state index is 0.153. The van der Waals surface area contributed by atoms with E-state index in [1.807, 2.05) is 6.07 Å². The molecule has 0 fully saturated rings. The van der Waals surface area contributed by atoms with Gasteiger partial charge in [0.2, 0.25) is 5.91 Å². The smallest absolute Gasteiger partial charge is 0.246 e. The first-order valence-corrected chi connectivity index (χ1v) is 9.44. The van der Waals surface area contributed by atoms with Gasteiger partial charge in [-0.2, -0.15) is 0 Å². The molecule has 7 heteroatoms. The number of carbonyl (C=O) groups excluding carboxylic acids is 1. The van der Waals surface area contributed by atoms with E-state index in [1.165, 1.54) is 23.1 Å². The van der Waals surface area contributed by atoms with Gasteiger partial charge < -0.3 is 10.2 Å². The van der Waals surface area contributed by atoms with Gasteiger partial charge in [0.25, 0.3) is 0 Å². The van der Waals surface area contributed by atoms with Crippen LogP contribution in [0.15, 0.2) is 66.1 Å². The van der Waals surface area contributed by atoms with Crippen molar-refractivity contribution in [3.05, 3.63) is 71.9 Å². The maximum Gasteiger partial charge on any atom is 0.246 e. The Bertz CT molecular complexity index is 898. The molecule has 130 valence electrons. The molecule has 3 rings (SSSR count). The molecule has 5 nitrogen and oxygen atoms in total. The van der Waals surface area contributed by atoms with Crippen LogP contribution in [0.1, 0.15) is 0 Å². The number of hydrogen-bond donors (Lipinski definition) is 1. The highest BCUT2D eigenvalue weighted by Gasteiger charge is 2.31. The number of rotatable bonds is 5. The molecule has 0 unspecified atom stereocenters. The molecule has 0 aliphatic carbocycles. The van der Waals surface area contributed by atoms with Crippen molar-refractivity contribution in [2.24, 2.45) is 0 Å². The zero-order valence-corrected chi connectivity index (χ0v) is 14.1. The number of halogens is 1. The van der Waals surface area contributed by atoms with Gasteiger partial charge in [-0.3, -0.25) is 4.79 Å². The van der Waals surface area contributed by atoms with E-state index in [0.29, 0.717) is 5.69 Å². The Morgan fingerprint density at radius 3 is 2.44 bits per heavy atom. The molecule has 0 radical (unpaired) electrons. The number of hydrogen-bond acceptors (Lipinski definition) is 4. The Morgan fingerprint density at radius 1 is 1.12 bits per heavy atom. The van der Waals surface area contributed by atoms with E-state index >= 15 is 0 Å². The van der Waals surface area contributed by atoms with E-state index in [1.54, 1.807) is 36.4 Å². The minimum atomic E-state index is -3.31. The summed E-state index contributed by atoms with van der Waals surface area (Å²) in [4.78, 5) is 14.2. The van der Waals surface area contributed by atoms with Gasteiger partial charge in [-0.05, 0) is 30.3 Å². The van der Waals surface area contributed by atoms with Gasteiger partial charge in [0.1, 0.15) is 5.82 Å². The SMILES string of the molecule is O=C(CNc1ccccc1F)N(c1ccccc1)[C@H]1C=CS(=O)(=O)C1. The standard InChI is InChI=1S/C18H17FN2O3S/c19-16-8-4-5-9-17(16)20-12-18(22)21(14-6-2-1-3-7-14)15-10-11-25(23,24)13-15/h1-11,15,20H,12-13H2/t15-/m0/s1. The lowest BCUT2D eigenvalue weighted by molar-refractivity contribution is -0.117. The molecule has 25 heavy (non-hydrogen) atoms. The van der Waals surface area contributed by atoms with E-state index in [9.17, 15) is 17.6 Å². The van der Waals surface area contributed by atoms with E-state index in [0.717, 1.165) is 5.41 Å². The molecule has 0 bridgehead atoms. The van der Waals surface area contributed by atoms with Crippen LogP contribution in [0.4, 0.5) is 15.8 Å². The third-order valence-corrected chi connectivity index (χ3v) is 5.23. The Labute approximate surface area is 145 Å². The number of amides is 1. The molecule has 1 N–H and O–H groups in total. The number of para-hydroxylation sites is 2. The zero-order valence-electron chi connectivity index (χ0n) is 13.3. The highest BCUT2D eigenvalue weighted by molar-refractivity contribution is 7.94. The molecule has 0 aromatic heterocycles. The van der Waals surface area contributed by atoms with Crippen molar-refractivity contribution in [3.8, 4) is 0 Å². The Hall–Kier alpha value is -2.67. The highest BCUT2D eigenvalue weighted by Crippen LogP contribution is 2.23. The van der Waals surface area contributed by atoms with E-state index in [-0.39, 0.29) is 23.9 Å². The van der Waals surface area contributed by atoms with Gasteiger partial charge in [0.05, 0.1) is 24.0 Å². The Morgan fingerprint density at radius 2 is 1.80 bits per heavy atom. The normalized spacial score (nSPS) is 18.0. The first-order valence-electron chi connectivity index (χ1n) is 7.73. The summed E-state index contributed by atoms with van der Waals surface area (Å²) in [7, 11) is -3.31. The third-order valence-electron chi connectivity index (χ3n) is 3.85. The minimum Gasteiger partial charge on any atom is -0.374 e. The lowest BCUT2D eigenvalue weighted by Gasteiger charge is -2.28. The Kier molecular flexibility index (Phi) is 4.85. The monoisotopic (exact) mass is 360 g/mol.